The molecular weight excluding hydrogens is 430 g/mol. The van der Waals surface area contributed by atoms with Crippen molar-refractivity contribution in [2.45, 2.75) is 25.7 Å². The second-order valence-corrected chi connectivity index (χ2v) is 8.81. The zero-order valence-corrected chi connectivity index (χ0v) is 19.1. The van der Waals surface area contributed by atoms with E-state index in [0.717, 1.165) is 25.1 Å². The van der Waals surface area contributed by atoms with Crippen LogP contribution in [0.1, 0.15) is 27.0 Å². The molecule has 0 saturated carbocycles. The van der Waals surface area contributed by atoms with E-state index in [1.807, 2.05) is 12.1 Å². The molecule has 0 fully saturated rings. The summed E-state index contributed by atoms with van der Waals surface area (Å²) in [4.78, 5) is 21.1. The number of hydrogen-bond donors (Lipinski definition) is 1. The minimum Gasteiger partial charge on any atom is -0.491 e. The summed E-state index contributed by atoms with van der Waals surface area (Å²) in [5.74, 6) is 1.03. The Morgan fingerprint density at radius 2 is 1.85 bits per heavy atom. The molecule has 2 aromatic carbocycles. The summed E-state index contributed by atoms with van der Waals surface area (Å²) in [5, 5.41) is 10.8. The summed E-state index contributed by atoms with van der Waals surface area (Å²) in [5.41, 5.74) is 4.21. The van der Waals surface area contributed by atoms with Crippen LogP contribution in [0.3, 0.4) is 0 Å². The maximum absolute atomic E-state index is 13.2. The third-order valence-electron chi connectivity index (χ3n) is 6.35. The van der Waals surface area contributed by atoms with Gasteiger partial charge in [-0.25, -0.2) is 0 Å². The summed E-state index contributed by atoms with van der Waals surface area (Å²) in [6.45, 7) is 3.77. The fourth-order valence-corrected chi connectivity index (χ4v) is 4.57. The molecule has 5 rings (SSSR count). The number of benzene rings is 2. The highest BCUT2D eigenvalue weighted by Gasteiger charge is 2.27. The number of aromatic nitrogens is 1. The minimum absolute atomic E-state index is 0.128. The number of β-amino-alcohol motifs (C(OH)–C–C–N with tert-alkyl or cyclic N) is 1. The Kier molecular flexibility index (Phi) is 6.74. The lowest BCUT2D eigenvalue weighted by atomic mass is 10.00. The van der Waals surface area contributed by atoms with E-state index in [2.05, 4.69) is 34.1 Å². The first-order valence-corrected chi connectivity index (χ1v) is 11.7. The molecule has 3 aromatic rings. The summed E-state index contributed by atoms with van der Waals surface area (Å²) in [6.07, 6.45) is 3.81. The van der Waals surface area contributed by atoms with Crippen LogP contribution in [0, 0.1) is 0 Å². The highest BCUT2D eigenvalue weighted by molar-refractivity contribution is 5.97. The van der Waals surface area contributed by atoms with Gasteiger partial charge in [-0.3, -0.25) is 14.7 Å². The number of aliphatic hydroxyl groups is 1. The van der Waals surface area contributed by atoms with Crippen molar-refractivity contribution in [1.29, 1.82) is 0 Å². The third kappa shape index (κ3) is 5.21. The van der Waals surface area contributed by atoms with Gasteiger partial charge in [0.25, 0.3) is 5.91 Å². The molecule has 1 unspecified atom stereocenters. The van der Waals surface area contributed by atoms with Crippen molar-refractivity contribution in [2.75, 3.05) is 32.8 Å². The molecule has 2 aliphatic rings. The molecule has 1 aromatic heterocycles. The monoisotopic (exact) mass is 459 g/mol. The summed E-state index contributed by atoms with van der Waals surface area (Å²) >= 11 is 0. The fourth-order valence-electron chi connectivity index (χ4n) is 4.57. The number of hydrogen-bond acceptors (Lipinski definition) is 6. The Morgan fingerprint density at radius 3 is 2.71 bits per heavy atom. The highest BCUT2D eigenvalue weighted by atomic mass is 16.5. The van der Waals surface area contributed by atoms with Gasteiger partial charge in [0, 0.05) is 44.6 Å². The number of fused-ring (bicyclic) bond motifs is 2. The Balaban J connectivity index is 1.19. The molecule has 0 radical (unpaired) electrons. The van der Waals surface area contributed by atoms with E-state index in [0.29, 0.717) is 43.4 Å². The van der Waals surface area contributed by atoms with Crippen LogP contribution < -0.4 is 9.47 Å². The number of rotatable bonds is 7. The van der Waals surface area contributed by atoms with Gasteiger partial charge in [-0.1, -0.05) is 24.3 Å². The average molecular weight is 460 g/mol. The normalized spacial score (nSPS) is 16.7. The lowest BCUT2D eigenvalue weighted by Gasteiger charge is -2.32. The molecular formula is C27H29N3O4. The Labute approximate surface area is 199 Å². The highest BCUT2D eigenvalue weighted by Crippen LogP contribution is 2.29. The van der Waals surface area contributed by atoms with E-state index >= 15 is 0 Å². The van der Waals surface area contributed by atoms with Crippen molar-refractivity contribution in [3.63, 3.8) is 0 Å². The van der Waals surface area contributed by atoms with Crippen LogP contribution in [0.2, 0.25) is 0 Å². The Hall–Kier alpha value is -3.42. The van der Waals surface area contributed by atoms with Crippen molar-refractivity contribution in [3.05, 3.63) is 89.2 Å². The molecule has 0 saturated heterocycles. The zero-order chi connectivity index (χ0) is 23.3. The van der Waals surface area contributed by atoms with Crippen LogP contribution in [0.5, 0.6) is 11.5 Å². The molecule has 1 atom stereocenters. The van der Waals surface area contributed by atoms with Gasteiger partial charge in [-0.15, -0.1) is 0 Å². The topological polar surface area (TPSA) is 75.1 Å². The summed E-state index contributed by atoms with van der Waals surface area (Å²) in [6, 6.07) is 17.5. The second kappa shape index (κ2) is 10.2. The van der Waals surface area contributed by atoms with Gasteiger partial charge >= 0.3 is 0 Å². The molecule has 1 amide bonds. The van der Waals surface area contributed by atoms with Crippen LogP contribution in [0.4, 0.5) is 0 Å². The molecule has 7 heteroatoms. The minimum atomic E-state index is -0.626. The largest absolute Gasteiger partial charge is 0.491 e. The molecule has 34 heavy (non-hydrogen) atoms. The van der Waals surface area contributed by atoms with E-state index in [4.69, 9.17) is 9.47 Å². The van der Waals surface area contributed by atoms with Gasteiger partial charge < -0.3 is 19.5 Å². The standard InChI is InChI=1S/C27H29N3O4/c31-23(17-29-12-9-21-3-1-2-4-22(21)16-29)18-30-13-14-33-26-15-24(5-6-25(26)27(30)32)34-19-20-7-10-28-11-8-20/h1-8,10-11,15,23,31H,9,12-14,16-19H2. The quantitative estimate of drug-likeness (QED) is 0.586. The van der Waals surface area contributed by atoms with Gasteiger partial charge in [-0.05, 0) is 47.4 Å². The predicted molar refractivity (Wildman–Crippen MR) is 128 cm³/mol. The van der Waals surface area contributed by atoms with E-state index < -0.39 is 6.10 Å². The van der Waals surface area contributed by atoms with Gasteiger partial charge in [0.1, 0.15) is 24.7 Å². The van der Waals surface area contributed by atoms with Crippen molar-refractivity contribution in [2.24, 2.45) is 0 Å². The number of pyridine rings is 1. The number of carbonyl (C=O) groups excluding carboxylic acids is 1. The first kappa shape index (κ1) is 22.4. The van der Waals surface area contributed by atoms with E-state index in [-0.39, 0.29) is 12.5 Å². The van der Waals surface area contributed by atoms with Crippen molar-refractivity contribution in [1.82, 2.24) is 14.8 Å². The molecule has 2 aliphatic heterocycles. The SMILES string of the molecule is O=C1c2ccc(OCc3ccncc3)cc2OCCN1CC(O)CN1CCc2ccccc2C1. The molecule has 3 heterocycles. The maximum atomic E-state index is 13.2. The number of aliphatic hydroxyl groups excluding tert-OH is 1. The van der Waals surface area contributed by atoms with Crippen LogP contribution in [-0.2, 0) is 19.6 Å². The van der Waals surface area contributed by atoms with E-state index in [1.54, 1.807) is 35.5 Å². The lowest BCUT2D eigenvalue weighted by molar-refractivity contribution is 0.0501. The number of amides is 1. The van der Waals surface area contributed by atoms with Crippen molar-refractivity contribution < 1.29 is 19.4 Å². The number of ether oxygens (including phenoxy) is 2. The van der Waals surface area contributed by atoms with Crippen molar-refractivity contribution in [3.8, 4) is 11.5 Å². The summed E-state index contributed by atoms with van der Waals surface area (Å²) < 4.78 is 11.7. The molecule has 0 aliphatic carbocycles. The predicted octanol–water partition coefficient (Wildman–Crippen LogP) is 2.91. The van der Waals surface area contributed by atoms with Gasteiger partial charge in [0.2, 0.25) is 0 Å². The fraction of sp³-hybridized carbons (Fsp3) is 0.333. The average Bonchev–Trinajstić information content (AvgIpc) is 3.01. The first-order valence-electron chi connectivity index (χ1n) is 11.7. The van der Waals surface area contributed by atoms with Crippen LogP contribution in [0.15, 0.2) is 67.0 Å². The summed E-state index contributed by atoms with van der Waals surface area (Å²) in [7, 11) is 0. The number of carbonyl (C=O) groups is 1. The van der Waals surface area contributed by atoms with Gasteiger partial charge in [-0.2, -0.15) is 0 Å². The van der Waals surface area contributed by atoms with Crippen molar-refractivity contribution >= 4 is 5.91 Å². The Morgan fingerprint density at radius 1 is 1.03 bits per heavy atom. The Bertz CT molecular complexity index is 1140. The van der Waals surface area contributed by atoms with E-state index in [9.17, 15) is 9.90 Å². The molecule has 0 bridgehead atoms. The molecule has 7 nitrogen and oxygen atoms in total. The molecule has 176 valence electrons. The smallest absolute Gasteiger partial charge is 0.257 e. The first-order chi connectivity index (χ1) is 16.7. The maximum Gasteiger partial charge on any atom is 0.257 e. The van der Waals surface area contributed by atoms with Crippen LogP contribution >= 0.6 is 0 Å². The van der Waals surface area contributed by atoms with Crippen LogP contribution in [0.25, 0.3) is 0 Å². The van der Waals surface area contributed by atoms with Gasteiger partial charge in [0.05, 0.1) is 18.2 Å². The van der Waals surface area contributed by atoms with Gasteiger partial charge in [0.15, 0.2) is 0 Å². The van der Waals surface area contributed by atoms with E-state index in [1.165, 1.54) is 11.1 Å². The third-order valence-corrected chi connectivity index (χ3v) is 6.35. The van der Waals surface area contributed by atoms with Crippen LogP contribution in [-0.4, -0.2) is 64.7 Å². The lowest BCUT2D eigenvalue weighted by Crippen LogP contribution is -2.44. The second-order valence-electron chi connectivity index (χ2n) is 8.81. The number of nitrogens with zero attached hydrogens (tertiary/aromatic N) is 3. The zero-order valence-electron chi connectivity index (χ0n) is 19.1. The molecule has 0 spiro atoms. The molecule has 1 N–H and O–H groups in total.